The molecule has 29 heavy (non-hydrogen) atoms. The summed E-state index contributed by atoms with van der Waals surface area (Å²) < 4.78 is 19.1. The number of fused-ring (bicyclic) bond motifs is 4. The van der Waals surface area contributed by atoms with Gasteiger partial charge in [-0.2, -0.15) is 0 Å². The van der Waals surface area contributed by atoms with Crippen LogP contribution in [0.25, 0.3) is 11.3 Å². The van der Waals surface area contributed by atoms with Crippen LogP contribution in [-0.2, 0) is 11.2 Å². The van der Waals surface area contributed by atoms with Gasteiger partial charge in [0.15, 0.2) is 16.9 Å². The molecule has 2 unspecified atom stereocenters. The Bertz CT molecular complexity index is 1030. The van der Waals surface area contributed by atoms with Crippen molar-refractivity contribution in [1.29, 1.82) is 0 Å². The van der Waals surface area contributed by atoms with Crippen LogP contribution in [0.4, 0.5) is 0 Å². The second-order valence-electron chi connectivity index (χ2n) is 8.67. The third-order valence-electron chi connectivity index (χ3n) is 5.69. The van der Waals surface area contributed by atoms with Gasteiger partial charge in [-0.3, -0.25) is 4.79 Å². The molecule has 0 bridgehead atoms. The second-order valence-corrected chi connectivity index (χ2v) is 8.67. The number of nitrogens with zero attached hydrogens (tertiary/aromatic N) is 1. The van der Waals surface area contributed by atoms with E-state index in [-0.39, 0.29) is 23.1 Å². The van der Waals surface area contributed by atoms with Crippen molar-refractivity contribution in [1.82, 2.24) is 4.57 Å². The average molecular weight is 399 g/mol. The van der Waals surface area contributed by atoms with Crippen LogP contribution in [0, 0.1) is 5.41 Å². The molecule has 4 rings (SSSR count). The molecule has 0 aliphatic carbocycles. The maximum atomic E-state index is 12.5. The van der Waals surface area contributed by atoms with Gasteiger partial charge in [0.25, 0.3) is 0 Å². The molecule has 0 saturated carbocycles. The molecule has 1 aromatic heterocycles. The minimum atomic E-state index is -1.21. The molecular weight excluding hydrogens is 374 g/mol. The van der Waals surface area contributed by atoms with Crippen LogP contribution < -0.4 is 14.9 Å². The molecule has 2 aliphatic heterocycles. The van der Waals surface area contributed by atoms with Crippen molar-refractivity contribution < 1.29 is 24.1 Å². The van der Waals surface area contributed by atoms with Gasteiger partial charge in [-0.05, 0) is 29.5 Å². The fourth-order valence-corrected chi connectivity index (χ4v) is 4.00. The largest absolute Gasteiger partial charge is 0.487 e. The predicted molar refractivity (Wildman–Crippen MR) is 107 cm³/mol. The number of benzene rings is 1. The van der Waals surface area contributed by atoms with E-state index in [4.69, 9.17) is 14.2 Å². The quantitative estimate of drug-likeness (QED) is 0.835. The highest BCUT2D eigenvalue weighted by atomic mass is 16.6. The Labute approximate surface area is 168 Å². The Hall–Kier alpha value is -2.80. The smallest absolute Gasteiger partial charge is 0.341 e. The third kappa shape index (κ3) is 3.40. The number of hydrogen-bond acceptors (Lipinski definition) is 5. The maximum absolute atomic E-state index is 12.5. The maximum Gasteiger partial charge on any atom is 0.341 e. The van der Waals surface area contributed by atoms with E-state index in [1.807, 2.05) is 16.7 Å². The van der Waals surface area contributed by atoms with Crippen molar-refractivity contribution in [3.8, 4) is 22.8 Å². The van der Waals surface area contributed by atoms with Crippen LogP contribution in [0.2, 0.25) is 0 Å². The summed E-state index contributed by atoms with van der Waals surface area (Å²) in [5.74, 6) is 0.0424. The van der Waals surface area contributed by atoms with Gasteiger partial charge in [-0.25, -0.2) is 4.79 Å². The molecular formula is C22H25NO6. The van der Waals surface area contributed by atoms with Gasteiger partial charge in [-0.15, -0.1) is 0 Å². The molecule has 154 valence electrons. The first-order chi connectivity index (χ1) is 13.7. The van der Waals surface area contributed by atoms with Gasteiger partial charge in [-0.1, -0.05) is 20.8 Å². The number of pyridine rings is 1. The van der Waals surface area contributed by atoms with Crippen LogP contribution in [-0.4, -0.2) is 42.1 Å². The van der Waals surface area contributed by atoms with E-state index in [0.29, 0.717) is 36.8 Å². The highest BCUT2D eigenvalue weighted by molar-refractivity contribution is 5.88. The molecule has 1 aromatic carbocycles. The Balaban J connectivity index is 1.90. The van der Waals surface area contributed by atoms with Crippen LogP contribution in [0.1, 0.15) is 42.7 Å². The topological polar surface area (TPSA) is 87.0 Å². The fraction of sp³-hybridized carbons (Fsp3) is 0.455. The van der Waals surface area contributed by atoms with Crippen molar-refractivity contribution in [3.63, 3.8) is 0 Å². The summed E-state index contributed by atoms with van der Waals surface area (Å²) >= 11 is 0. The summed E-state index contributed by atoms with van der Waals surface area (Å²) in [4.78, 5) is 24.0. The van der Waals surface area contributed by atoms with E-state index >= 15 is 0 Å². The molecule has 1 N–H and O–H groups in total. The highest BCUT2D eigenvalue weighted by Crippen LogP contribution is 2.46. The van der Waals surface area contributed by atoms with Crippen molar-refractivity contribution in [2.75, 3.05) is 20.3 Å². The Morgan fingerprint density at radius 3 is 2.41 bits per heavy atom. The van der Waals surface area contributed by atoms with Crippen LogP contribution in [0.15, 0.2) is 29.2 Å². The number of carboxylic acid groups (broad SMARTS) is 1. The molecule has 0 saturated heterocycles. The molecule has 0 fully saturated rings. The van der Waals surface area contributed by atoms with Gasteiger partial charge in [0.05, 0.1) is 5.69 Å². The number of carboxylic acids is 1. The number of ether oxygens (including phenoxy) is 3. The number of hydrogen-bond donors (Lipinski definition) is 1. The zero-order valence-corrected chi connectivity index (χ0v) is 17.0. The SMILES string of the molecule is COC1COc2cc3c(cc2OC1)-c1cc(=O)c(C(=O)O)cn1C(C(C)(C)C)C3. The van der Waals surface area contributed by atoms with Gasteiger partial charge in [0.1, 0.15) is 24.9 Å². The van der Waals surface area contributed by atoms with Gasteiger partial charge in [0, 0.05) is 31.0 Å². The van der Waals surface area contributed by atoms with Crippen molar-refractivity contribution in [3.05, 3.63) is 45.7 Å². The number of methoxy groups -OCH3 is 1. The molecule has 3 heterocycles. The normalized spacial score (nSPS) is 20.4. The fourth-order valence-electron chi connectivity index (χ4n) is 4.00. The molecule has 2 atom stereocenters. The standard InChI is InChI=1S/C22H25NO6/c1-22(2,3)20-6-12-5-18-19(29-11-13(27-4)10-28-18)7-14(12)16-8-17(24)15(21(25)26)9-23(16)20/h5,7-9,13,20H,6,10-11H2,1-4H3,(H,25,26). The summed E-state index contributed by atoms with van der Waals surface area (Å²) in [6, 6.07) is 5.26. The van der Waals surface area contributed by atoms with E-state index in [2.05, 4.69) is 20.8 Å². The molecule has 0 amide bonds. The lowest BCUT2D eigenvalue weighted by atomic mass is 9.78. The van der Waals surface area contributed by atoms with E-state index < -0.39 is 11.4 Å². The van der Waals surface area contributed by atoms with E-state index in [0.717, 1.165) is 11.1 Å². The number of carbonyl (C=O) groups is 1. The van der Waals surface area contributed by atoms with E-state index in [9.17, 15) is 14.7 Å². The molecule has 0 spiro atoms. The second kappa shape index (κ2) is 6.91. The molecule has 2 aromatic rings. The minimum Gasteiger partial charge on any atom is -0.487 e. The Morgan fingerprint density at radius 1 is 1.17 bits per heavy atom. The number of aromatic carboxylic acids is 1. The molecule has 0 radical (unpaired) electrons. The summed E-state index contributed by atoms with van der Waals surface area (Å²) in [7, 11) is 1.62. The lowest BCUT2D eigenvalue weighted by molar-refractivity contribution is 0.0366. The monoisotopic (exact) mass is 399 g/mol. The van der Waals surface area contributed by atoms with Gasteiger partial charge < -0.3 is 23.9 Å². The third-order valence-corrected chi connectivity index (χ3v) is 5.69. The first kappa shape index (κ1) is 19.5. The lowest BCUT2D eigenvalue weighted by Crippen LogP contribution is -2.32. The first-order valence-electron chi connectivity index (χ1n) is 9.64. The highest BCUT2D eigenvalue weighted by Gasteiger charge is 2.34. The Kier molecular flexibility index (Phi) is 4.65. The van der Waals surface area contributed by atoms with Crippen LogP contribution in [0.5, 0.6) is 11.5 Å². The lowest BCUT2D eigenvalue weighted by Gasteiger charge is -2.39. The zero-order valence-electron chi connectivity index (χ0n) is 17.0. The van der Waals surface area contributed by atoms with E-state index in [1.165, 1.54) is 12.3 Å². The van der Waals surface area contributed by atoms with Crippen molar-refractivity contribution in [2.24, 2.45) is 5.41 Å². The zero-order chi connectivity index (χ0) is 20.9. The summed E-state index contributed by atoms with van der Waals surface area (Å²) in [5.41, 5.74) is 1.73. The molecule has 2 aliphatic rings. The molecule has 7 heteroatoms. The summed E-state index contributed by atoms with van der Waals surface area (Å²) in [5, 5.41) is 9.43. The number of rotatable bonds is 2. The minimum absolute atomic E-state index is 0.0137. The van der Waals surface area contributed by atoms with Crippen molar-refractivity contribution in [2.45, 2.75) is 39.3 Å². The predicted octanol–water partition coefficient (Wildman–Crippen LogP) is 3.14. The molecule has 7 nitrogen and oxygen atoms in total. The summed E-state index contributed by atoms with van der Waals surface area (Å²) in [6.07, 6.45) is 2.01. The van der Waals surface area contributed by atoms with Gasteiger partial charge in [0.2, 0.25) is 0 Å². The van der Waals surface area contributed by atoms with Crippen LogP contribution in [0.3, 0.4) is 0 Å². The Morgan fingerprint density at radius 2 is 1.83 bits per heavy atom. The average Bonchev–Trinajstić information content (AvgIpc) is 2.86. The van der Waals surface area contributed by atoms with E-state index in [1.54, 1.807) is 7.11 Å². The van der Waals surface area contributed by atoms with Crippen molar-refractivity contribution >= 4 is 5.97 Å². The van der Waals surface area contributed by atoms with Crippen LogP contribution >= 0.6 is 0 Å². The first-order valence-corrected chi connectivity index (χ1v) is 9.64. The van der Waals surface area contributed by atoms with Gasteiger partial charge >= 0.3 is 5.97 Å². The summed E-state index contributed by atoms with van der Waals surface area (Å²) in [6.45, 7) is 7.10. The number of aromatic nitrogens is 1.